The highest BCUT2D eigenvalue weighted by atomic mass is 16.2. The third kappa shape index (κ3) is 5.77. The second kappa shape index (κ2) is 11.8. The van der Waals surface area contributed by atoms with E-state index in [2.05, 4.69) is 31.3 Å². The molecule has 0 saturated heterocycles. The average molecular weight is 392 g/mol. The molecule has 0 aromatic heterocycles. The number of aryl methyl sites for hydroxylation is 1. The number of allylic oxidation sites excluding steroid dienone is 8. The van der Waals surface area contributed by atoms with Crippen molar-refractivity contribution in [3.8, 4) is 0 Å². The van der Waals surface area contributed by atoms with E-state index in [1.54, 1.807) is 0 Å². The molecule has 1 aromatic carbocycles. The number of carbonyl (C=O) groups excluding carboxylic acids is 2. The van der Waals surface area contributed by atoms with Crippen LogP contribution in [-0.4, -0.2) is 12.3 Å². The number of amides is 2. The molecule has 3 heteroatoms. The van der Waals surface area contributed by atoms with Gasteiger partial charge in [-0.2, -0.15) is 0 Å². The Balaban J connectivity index is 3.82. The normalized spacial score (nSPS) is 14.4. The minimum absolute atomic E-state index is 0.402. The fourth-order valence-electron chi connectivity index (χ4n) is 3.65. The summed E-state index contributed by atoms with van der Waals surface area (Å²) in [6.07, 6.45) is 9.58. The molecule has 0 aliphatic heterocycles. The monoisotopic (exact) mass is 391 g/mol. The summed E-state index contributed by atoms with van der Waals surface area (Å²) in [5.74, 6) is -0.402. The van der Waals surface area contributed by atoms with E-state index in [0.717, 1.165) is 45.4 Å². The van der Waals surface area contributed by atoms with Crippen LogP contribution in [0, 0.1) is 6.92 Å². The molecule has 0 spiro atoms. The van der Waals surface area contributed by atoms with Gasteiger partial charge >= 0.3 is 0 Å². The van der Waals surface area contributed by atoms with Crippen LogP contribution in [0.15, 0.2) is 76.4 Å². The Labute approximate surface area is 175 Å². The molecule has 154 valence electrons. The maximum atomic E-state index is 13.0. The Kier molecular flexibility index (Phi) is 9.81. The summed E-state index contributed by atoms with van der Waals surface area (Å²) in [6.45, 7) is 14.0. The second-order valence-corrected chi connectivity index (χ2v) is 6.81. The predicted octanol–water partition coefficient (Wildman–Crippen LogP) is 6.24. The summed E-state index contributed by atoms with van der Waals surface area (Å²) in [4.78, 5) is 24.1. The van der Waals surface area contributed by atoms with Gasteiger partial charge in [0.2, 0.25) is 6.41 Å². The lowest BCUT2D eigenvalue weighted by molar-refractivity contribution is -0.122. The number of hydrogen-bond donors (Lipinski definition) is 1. The topological polar surface area (TPSA) is 46.2 Å². The average Bonchev–Trinajstić information content (AvgIpc) is 2.70. The molecule has 1 rings (SSSR count). The first-order chi connectivity index (χ1) is 13.9. The molecule has 3 nitrogen and oxygen atoms in total. The maximum absolute atomic E-state index is 13.0. The molecular formula is C26H33NO2. The highest BCUT2D eigenvalue weighted by Gasteiger charge is 2.22. The van der Waals surface area contributed by atoms with Crippen LogP contribution in [0.1, 0.15) is 59.1 Å². The molecule has 0 atom stereocenters. The van der Waals surface area contributed by atoms with Gasteiger partial charge in [-0.05, 0) is 87.0 Å². The van der Waals surface area contributed by atoms with E-state index in [0.29, 0.717) is 12.0 Å². The molecule has 2 amide bonds. The second-order valence-electron chi connectivity index (χ2n) is 6.81. The molecule has 0 saturated carbocycles. The summed E-state index contributed by atoms with van der Waals surface area (Å²) in [6, 6.07) is 7.95. The minimum atomic E-state index is -0.402. The van der Waals surface area contributed by atoms with Gasteiger partial charge < -0.3 is 0 Å². The van der Waals surface area contributed by atoms with Crippen LogP contribution in [0.25, 0.3) is 5.57 Å². The zero-order valence-electron chi connectivity index (χ0n) is 18.7. The molecule has 0 bridgehead atoms. The first-order valence-electron chi connectivity index (χ1n) is 10.1. The molecular weight excluding hydrogens is 358 g/mol. The molecule has 0 fully saturated rings. The van der Waals surface area contributed by atoms with Gasteiger partial charge in [0.1, 0.15) is 0 Å². The summed E-state index contributed by atoms with van der Waals surface area (Å²) in [5, 5.41) is 2.34. The standard InChI is InChI=1S/C26H33NO2/c1-8-14-18(5)21(9-2)22(10-3)20(7)25(26(29)27-17-28)23(11-4)24-16-13-12-15-19(24)6/h9-17H,8H2,1-7H3,(H,27,28,29)/b18-14-,21-9+,22-10-,23-11+,25-20+. The van der Waals surface area contributed by atoms with Gasteiger partial charge in [0.25, 0.3) is 5.91 Å². The molecule has 0 radical (unpaired) electrons. The number of nitrogens with one attached hydrogen (secondary N) is 1. The van der Waals surface area contributed by atoms with Gasteiger partial charge in [-0.1, -0.05) is 55.5 Å². The van der Waals surface area contributed by atoms with Crippen LogP contribution in [0.2, 0.25) is 0 Å². The molecule has 1 aromatic rings. The highest BCUT2D eigenvalue weighted by molar-refractivity contribution is 6.13. The zero-order valence-corrected chi connectivity index (χ0v) is 18.7. The van der Waals surface area contributed by atoms with Crippen molar-refractivity contribution in [1.82, 2.24) is 5.32 Å². The van der Waals surface area contributed by atoms with Crippen LogP contribution in [0.3, 0.4) is 0 Å². The number of imide groups is 1. The lowest BCUT2D eigenvalue weighted by Gasteiger charge is -2.20. The Morgan fingerprint density at radius 3 is 2.10 bits per heavy atom. The van der Waals surface area contributed by atoms with Gasteiger partial charge in [0.05, 0.1) is 5.57 Å². The van der Waals surface area contributed by atoms with Crippen molar-refractivity contribution >= 4 is 17.9 Å². The first kappa shape index (κ1) is 24.1. The largest absolute Gasteiger partial charge is 0.295 e. The summed E-state index contributed by atoms with van der Waals surface area (Å²) in [7, 11) is 0. The number of hydrogen-bond acceptors (Lipinski definition) is 2. The van der Waals surface area contributed by atoms with E-state index >= 15 is 0 Å². The fraction of sp³-hybridized carbons (Fsp3) is 0.308. The quantitative estimate of drug-likeness (QED) is 0.324. The van der Waals surface area contributed by atoms with Crippen molar-refractivity contribution in [2.24, 2.45) is 0 Å². The number of rotatable bonds is 8. The highest BCUT2D eigenvalue weighted by Crippen LogP contribution is 2.34. The molecule has 0 heterocycles. The molecule has 29 heavy (non-hydrogen) atoms. The van der Waals surface area contributed by atoms with Crippen LogP contribution in [0.5, 0.6) is 0 Å². The van der Waals surface area contributed by atoms with Crippen LogP contribution in [-0.2, 0) is 9.59 Å². The number of carbonyl (C=O) groups is 2. The Hall–Kier alpha value is -2.94. The lowest BCUT2D eigenvalue weighted by atomic mass is 9.84. The Morgan fingerprint density at radius 1 is 1.00 bits per heavy atom. The lowest BCUT2D eigenvalue weighted by Crippen LogP contribution is -2.25. The van der Waals surface area contributed by atoms with Gasteiger partial charge in [-0.3, -0.25) is 14.9 Å². The van der Waals surface area contributed by atoms with Gasteiger partial charge in [-0.25, -0.2) is 0 Å². The van der Waals surface area contributed by atoms with Gasteiger partial charge in [0, 0.05) is 0 Å². The number of benzene rings is 1. The zero-order chi connectivity index (χ0) is 22.0. The predicted molar refractivity (Wildman–Crippen MR) is 123 cm³/mol. The molecule has 0 aliphatic carbocycles. The molecule has 1 N–H and O–H groups in total. The summed E-state index contributed by atoms with van der Waals surface area (Å²) in [5.41, 5.74) is 7.43. The maximum Gasteiger partial charge on any atom is 0.258 e. The third-order valence-electron chi connectivity index (χ3n) is 4.99. The van der Waals surface area contributed by atoms with Crippen molar-refractivity contribution in [1.29, 1.82) is 0 Å². The van der Waals surface area contributed by atoms with E-state index in [4.69, 9.17) is 0 Å². The summed E-state index contributed by atoms with van der Waals surface area (Å²) < 4.78 is 0. The van der Waals surface area contributed by atoms with Crippen LogP contribution >= 0.6 is 0 Å². The van der Waals surface area contributed by atoms with Crippen molar-refractivity contribution in [2.45, 2.75) is 54.9 Å². The molecule has 0 unspecified atom stereocenters. The van der Waals surface area contributed by atoms with Crippen molar-refractivity contribution in [3.05, 3.63) is 87.6 Å². The Morgan fingerprint density at radius 2 is 1.62 bits per heavy atom. The van der Waals surface area contributed by atoms with E-state index in [1.807, 2.05) is 71.0 Å². The smallest absolute Gasteiger partial charge is 0.258 e. The Bertz CT molecular complexity index is 908. The van der Waals surface area contributed by atoms with E-state index in [1.165, 1.54) is 0 Å². The third-order valence-corrected chi connectivity index (χ3v) is 4.99. The summed E-state index contributed by atoms with van der Waals surface area (Å²) >= 11 is 0. The fourth-order valence-corrected chi connectivity index (χ4v) is 3.65. The minimum Gasteiger partial charge on any atom is -0.295 e. The van der Waals surface area contributed by atoms with E-state index in [-0.39, 0.29) is 0 Å². The van der Waals surface area contributed by atoms with Crippen molar-refractivity contribution in [3.63, 3.8) is 0 Å². The molecule has 0 aliphatic rings. The van der Waals surface area contributed by atoms with Gasteiger partial charge in [0.15, 0.2) is 0 Å². The van der Waals surface area contributed by atoms with Crippen LogP contribution < -0.4 is 5.32 Å². The van der Waals surface area contributed by atoms with Crippen molar-refractivity contribution in [2.75, 3.05) is 0 Å². The van der Waals surface area contributed by atoms with Crippen molar-refractivity contribution < 1.29 is 9.59 Å². The van der Waals surface area contributed by atoms with E-state index < -0.39 is 5.91 Å². The van der Waals surface area contributed by atoms with Crippen LogP contribution in [0.4, 0.5) is 0 Å². The van der Waals surface area contributed by atoms with Gasteiger partial charge in [-0.15, -0.1) is 0 Å². The van der Waals surface area contributed by atoms with E-state index in [9.17, 15) is 9.59 Å². The first-order valence-corrected chi connectivity index (χ1v) is 10.1. The SMILES string of the molecule is C/C=C(C(\C)=C/CC)/C(=C\C)C(/C)=C(C(=O)NC=O)\C(=C\C)c1ccccc1C.